The number of nitrogens with zero attached hydrogens (tertiary/aromatic N) is 4. The molecule has 3 heterocycles. The topological polar surface area (TPSA) is 65.7 Å². The summed E-state index contributed by atoms with van der Waals surface area (Å²) < 4.78 is 0. The van der Waals surface area contributed by atoms with Crippen LogP contribution in [0.5, 0.6) is 0 Å². The monoisotopic (exact) mass is 289 g/mol. The van der Waals surface area contributed by atoms with Crippen molar-refractivity contribution in [2.45, 2.75) is 25.3 Å². The molecule has 0 unspecified atom stereocenters. The van der Waals surface area contributed by atoms with Gasteiger partial charge in [0.25, 0.3) is 0 Å². The van der Waals surface area contributed by atoms with Gasteiger partial charge in [0.15, 0.2) is 5.82 Å². The number of anilines is 2. The summed E-state index contributed by atoms with van der Waals surface area (Å²) in [5.74, 6) is 0.873. The summed E-state index contributed by atoms with van der Waals surface area (Å²) in [6.45, 7) is 3.57. The summed E-state index contributed by atoms with van der Waals surface area (Å²) in [6.07, 6.45) is 4.81. The van der Waals surface area contributed by atoms with E-state index in [0.717, 1.165) is 56.9 Å². The highest BCUT2D eigenvalue weighted by Crippen LogP contribution is 2.26. The molecule has 3 rings (SSSR count). The molecular weight excluding hydrogens is 266 g/mol. The maximum atomic E-state index is 12.2. The summed E-state index contributed by atoms with van der Waals surface area (Å²) in [5.41, 5.74) is 6.72. The van der Waals surface area contributed by atoms with Gasteiger partial charge in [0.05, 0.1) is 5.69 Å². The van der Waals surface area contributed by atoms with Crippen LogP contribution in [0.3, 0.4) is 0 Å². The predicted octanol–water partition coefficient (Wildman–Crippen LogP) is 1.39. The average Bonchev–Trinajstić information content (AvgIpc) is 2.51. The van der Waals surface area contributed by atoms with Crippen LogP contribution in [-0.2, 0) is 0 Å². The van der Waals surface area contributed by atoms with Crippen LogP contribution in [0.2, 0.25) is 0 Å². The first-order chi connectivity index (χ1) is 10.2. The Morgan fingerprint density at radius 3 is 2.71 bits per heavy atom. The van der Waals surface area contributed by atoms with Crippen molar-refractivity contribution in [1.82, 2.24) is 14.8 Å². The number of hydrogen-bond donors (Lipinski definition) is 1. The smallest absolute Gasteiger partial charge is 0.319 e. The minimum Gasteiger partial charge on any atom is -0.396 e. The summed E-state index contributed by atoms with van der Waals surface area (Å²) in [5, 5.41) is 0. The van der Waals surface area contributed by atoms with Crippen molar-refractivity contribution in [3.05, 3.63) is 18.3 Å². The lowest BCUT2D eigenvalue weighted by molar-refractivity contribution is 0.110. The molecule has 0 aromatic carbocycles. The second-order valence-electron chi connectivity index (χ2n) is 5.89. The Labute approximate surface area is 125 Å². The molecule has 0 aliphatic carbocycles. The number of pyridine rings is 1. The Kier molecular flexibility index (Phi) is 3.86. The van der Waals surface area contributed by atoms with Gasteiger partial charge in [-0.2, -0.15) is 0 Å². The minimum atomic E-state index is 0.178. The van der Waals surface area contributed by atoms with E-state index in [0.29, 0.717) is 6.04 Å². The molecule has 2 N–H and O–H groups in total. The highest BCUT2D eigenvalue weighted by molar-refractivity contribution is 5.75. The molecule has 21 heavy (non-hydrogen) atoms. The van der Waals surface area contributed by atoms with Crippen LogP contribution in [-0.4, -0.2) is 60.1 Å². The lowest BCUT2D eigenvalue weighted by atomic mass is 10.0. The molecule has 2 aliphatic heterocycles. The molecule has 0 saturated carbocycles. The van der Waals surface area contributed by atoms with E-state index in [2.05, 4.69) is 9.88 Å². The lowest BCUT2D eigenvalue weighted by Crippen LogP contribution is -2.54. The van der Waals surface area contributed by atoms with E-state index in [-0.39, 0.29) is 6.03 Å². The summed E-state index contributed by atoms with van der Waals surface area (Å²) in [6, 6.07) is 4.27. The van der Waals surface area contributed by atoms with Gasteiger partial charge < -0.3 is 20.4 Å². The number of nitrogens with two attached hydrogens (primary N) is 1. The van der Waals surface area contributed by atoms with Crippen molar-refractivity contribution < 1.29 is 4.79 Å². The number of urea groups is 1. The van der Waals surface area contributed by atoms with Gasteiger partial charge in [-0.05, 0) is 31.4 Å². The van der Waals surface area contributed by atoms with Gasteiger partial charge in [-0.25, -0.2) is 9.78 Å². The first-order valence-corrected chi connectivity index (χ1v) is 7.64. The number of carbonyl (C=O) groups is 1. The quantitative estimate of drug-likeness (QED) is 0.893. The normalized spacial score (nSPS) is 21.0. The van der Waals surface area contributed by atoms with Crippen LogP contribution < -0.4 is 10.6 Å². The van der Waals surface area contributed by atoms with E-state index < -0.39 is 0 Å². The number of amides is 2. The first kappa shape index (κ1) is 14.0. The number of hydrogen-bond acceptors (Lipinski definition) is 4. The van der Waals surface area contributed by atoms with Gasteiger partial charge in [-0.15, -0.1) is 0 Å². The first-order valence-electron chi connectivity index (χ1n) is 7.64. The zero-order chi connectivity index (χ0) is 14.8. The Morgan fingerprint density at radius 2 is 2.00 bits per heavy atom. The van der Waals surface area contributed by atoms with Gasteiger partial charge in [-0.1, -0.05) is 0 Å². The van der Waals surface area contributed by atoms with Gasteiger partial charge >= 0.3 is 6.03 Å². The molecule has 6 nitrogen and oxygen atoms in total. The SMILES string of the molecule is CN1CCCN(C2CCN(c3ncccc3N)CC2)C1=O. The standard InChI is InChI=1S/C15H23N5O/c1-18-8-3-9-20(15(18)21)12-5-10-19(11-6-12)14-13(16)4-2-7-17-14/h2,4,7,12H,3,5-6,8-11,16H2,1H3. The minimum absolute atomic E-state index is 0.178. The molecule has 0 spiro atoms. The third kappa shape index (κ3) is 2.75. The Morgan fingerprint density at radius 1 is 1.24 bits per heavy atom. The van der Waals surface area contributed by atoms with Crippen molar-refractivity contribution in [2.24, 2.45) is 0 Å². The van der Waals surface area contributed by atoms with Crippen molar-refractivity contribution in [1.29, 1.82) is 0 Å². The van der Waals surface area contributed by atoms with Crippen LogP contribution >= 0.6 is 0 Å². The zero-order valence-electron chi connectivity index (χ0n) is 12.5. The van der Waals surface area contributed by atoms with Crippen LogP contribution in [0.25, 0.3) is 0 Å². The Bertz CT molecular complexity index is 513. The molecule has 0 atom stereocenters. The molecule has 6 heteroatoms. The Hall–Kier alpha value is -1.98. The maximum absolute atomic E-state index is 12.2. The largest absolute Gasteiger partial charge is 0.396 e. The summed E-state index contributed by atoms with van der Waals surface area (Å²) >= 11 is 0. The Balaban J connectivity index is 1.63. The second kappa shape index (κ2) is 5.79. The fourth-order valence-corrected chi connectivity index (χ4v) is 3.29. The molecule has 2 amide bonds. The van der Waals surface area contributed by atoms with E-state index in [1.165, 1.54) is 0 Å². The second-order valence-corrected chi connectivity index (χ2v) is 5.89. The van der Waals surface area contributed by atoms with Gasteiger partial charge in [0, 0.05) is 45.5 Å². The van der Waals surface area contributed by atoms with E-state index in [9.17, 15) is 4.79 Å². The maximum Gasteiger partial charge on any atom is 0.319 e. The molecule has 0 radical (unpaired) electrons. The van der Waals surface area contributed by atoms with Crippen molar-refractivity contribution in [3.8, 4) is 0 Å². The molecule has 1 aromatic heterocycles. The number of carbonyl (C=O) groups excluding carboxylic acids is 1. The van der Waals surface area contributed by atoms with E-state index in [1.807, 2.05) is 29.0 Å². The van der Waals surface area contributed by atoms with Gasteiger partial charge in [0.2, 0.25) is 0 Å². The van der Waals surface area contributed by atoms with Crippen LogP contribution in [0.1, 0.15) is 19.3 Å². The third-order valence-electron chi connectivity index (χ3n) is 4.49. The molecule has 0 bridgehead atoms. The van der Waals surface area contributed by atoms with E-state index in [1.54, 1.807) is 6.20 Å². The van der Waals surface area contributed by atoms with Crippen molar-refractivity contribution >= 4 is 17.5 Å². The van der Waals surface area contributed by atoms with Gasteiger partial charge in [0.1, 0.15) is 0 Å². The molecular formula is C15H23N5O. The molecule has 2 saturated heterocycles. The number of rotatable bonds is 2. The highest BCUT2D eigenvalue weighted by Gasteiger charge is 2.32. The molecule has 2 fully saturated rings. The van der Waals surface area contributed by atoms with Gasteiger partial charge in [-0.3, -0.25) is 0 Å². The van der Waals surface area contributed by atoms with Crippen LogP contribution in [0.15, 0.2) is 18.3 Å². The van der Waals surface area contributed by atoms with E-state index in [4.69, 9.17) is 5.73 Å². The molecule has 2 aliphatic rings. The molecule has 1 aromatic rings. The fourth-order valence-electron chi connectivity index (χ4n) is 3.29. The summed E-state index contributed by atoms with van der Waals surface area (Å²) in [4.78, 5) is 22.7. The van der Waals surface area contributed by atoms with Crippen LogP contribution in [0, 0.1) is 0 Å². The van der Waals surface area contributed by atoms with Crippen LogP contribution in [0.4, 0.5) is 16.3 Å². The molecule has 114 valence electrons. The number of piperidine rings is 1. The lowest BCUT2D eigenvalue weighted by Gasteiger charge is -2.42. The number of nitrogen functional groups attached to an aromatic ring is 1. The third-order valence-corrected chi connectivity index (χ3v) is 4.49. The fraction of sp³-hybridized carbons (Fsp3) is 0.600. The summed E-state index contributed by atoms with van der Waals surface area (Å²) in [7, 11) is 1.89. The van der Waals surface area contributed by atoms with E-state index >= 15 is 0 Å². The zero-order valence-corrected chi connectivity index (χ0v) is 12.5. The van der Waals surface area contributed by atoms with Crippen molar-refractivity contribution in [2.75, 3.05) is 43.9 Å². The van der Waals surface area contributed by atoms with Crippen molar-refractivity contribution in [3.63, 3.8) is 0 Å². The highest BCUT2D eigenvalue weighted by atomic mass is 16.2. The average molecular weight is 289 g/mol. The predicted molar refractivity (Wildman–Crippen MR) is 83.2 cm³/mol. The number of aromatic nitrogens is 1.